The highest BCUT2D eigenvalue weighted by atomic mass is 35.5. The van der Waals surface area contributed by atoms with Crippen LogP contribution in [-0.2, 0) is 24.3 Å². The summed E-state index contributed by atoms with van der Waals surface area (Å²) < 4.78 is 34.7. The molecule has 2 rings (SSSR count). The fourth-order valence-corrected chi connectivity index (χ4v) is 8.42. The largest absolute Gasteiger partial charge is 0.464 e. The van der Waals surface area contributed by atoms with Gasteiger partial charge in [0.15, 0.2) is 0 Å². The molecule has 0 aliphatic carbocycles. The average molecular weight is 675 g/mol. The van der Waals surface area contributed by atoms with Gasteiger partial charge in [-0.15, -0.1) is 12.4 Å². The Labute approximate surface area is 272 Å². The van der Waals surface area contributed by atoms with E-state index in [0.717, 1.165) is 40.9 Å². The molecule has 43 heavy (non-hydrogen) atoms. The minimum atomic E-state index is -4.02. The van der Waals surface area contributed by atoms with E-state index >= 15 is 0 Å². The molecular weight excluding hydrogens is 628 g/mol. The number of anilines is 1. The predicted octanol–water partition coefficient (Wildman–Crippen LogP) is 5.75. The molecule has 0 spiro atoms. The quantitative estimate of drug-likeness (QED) is 0.120. The summed E-state index contributed by atoms with van der Waals surface area (Å²) in [6.07, 6.45) is 3.40. The first-order chi connectivity index (χ1) is 19.8. The van der Waals surface area contributed by atoms with Crippen LogP contribution in [-0.4, -0.2) is 89.8 Å². The number of likely N-dealkylation sites (N-methyl/N-ethyl adjacent to an activating group) is 1. The Hall–Kier alpha value is -1.96. The van der Waals surface area contributed by atoms with Crippen LogP contribution in [0.5, 0.6) is 0 Å². The average Bonchev–Trinajstić information content (AvgIpc) is 2.93. The Bertz CT molecular complexity index is 1340. The summed E-state index contributed by atoms with van der Waals surface area (Å²) >= 11 is 0. The summed E-state index contributed by atoms with van der Waals surface area (Å²) in [7, 11) is 7.03. The second kappa shape index (κ2) is 18.8. The van der Waals surface area contributed by atoms with Crippen molar-refractivity contribution in [3.63, 3.8) is 0 Å². The molecule has 1 N–H and O–H groups in total. The number of halogens is 1. The fraction of sp³-hybridized carbons (Fsp3) is 0.533. The number of hydrogen-bond acceptors (Lipinski definition) is 9. The lowest BCUT2D eigenvalue weighted by atomic mass is 10.1. The number of amides is 1. The van der Waals surface area contributed by atoms with Crippen LogP contribution in [0.1, 0.15) is 47.0 Å². The zero-order valence-electron chi connectivity index (χ0n) is 26.5. The molecule has 1 amide bonds. The van der Waals surface area contributed by atoms with Crippen molar-refractivity contribution in [3.05, 3.63) is 47.0 Å². The topological polar surface area (TPSA) is 99.3 Å². The number of benzene rings is 2. The van der Waals surface area contributed by atoms with Crippen molar-refractivity contribution in [2.45, 2.75) is 63.1 Å². The van der Waals surface area contributed by atoms with E-state index in [1.54, 1.807) is 38.6 Å². The van der Waals surface area contributed by atoms with Gasteiger partial charge in [-0.25, -0.2) is 8.42 Å². The molecule has 0 aliphatic heterocycles. The Morgan fingerprint density at radius 3 is 2.30 bits per heavy atom. The van der Waals surface area contributed by atoms with Crippen molar-refractivity contribution in [1.29, 1.82) is 0 Å². The maximum atomic E-state index is 13.3. The molecule has 13 heteroatoms. The molecule has 0 fully saturated rings. The Balaban J connectivity index is 0.00000924. The van der Waals surface area contributed by atoms with Gasteiger partial charge in [0.1, 0.15) is 6.04 Å². The highest BCUT2D eigenvalue weighted by molar-refractivity contribution is 8.78. The number of fused-ring (bicyclic) bond motifs is 1. The monoisotopic (exact) mass is 674 g/mol. The van der Waals surface area contributed by atoms with Crippen LogP contribution in [0.2, 0.25) is 0 Å². The number of rotatable bonds is 18. The maximum absolute atomic E-state index is 13.3. The zero-order chi connectivity index (χ0) is 31.4. The highest BCUT2D eigenvalue weighted by Crippen LogP contribution is 2.39. The number of hydrogen-bond donors (Lipinski definition) is 1. The molecule has 9 nitrogen and oxygen atoms in total. The van der Waals surface area contributed by atoms with E-state index in [0.29, 0.717) is 30.1 Å². The van der Waals surface area contributed by atoms with Crippen LogP contribution in [0.25, 0.3) is 10.8 Å². The maximum Gasteiger partial charge on any atom is 0.323 e. The van der Waals surface area contributed by atoms with Gasteiger partial charge >= 0.3 is 5.97 Å². The first-order valence-electron chi connectivity index (χ1n) is 14.1. The molecule has 0 aromatic heterocycles. The van der Waals surface area contributed by atoms with Gasteiger partial charge in [0.2, 0.25) is 16.4 Å². The zero-order valence-corrected chi connectivity index (χ0v) is 29.7. The molecule has 0 saturated carbocycles. The molecule has 2 aromatic carbocycles. The number of allylic oxidation sites excluding steroid dienone is 1. The van der Waals surface area contributed by atoms with E-state index in [1.807, 2.05) is 63.1 Å². The van der Waals surface area contributed by atoms with Gasteiger partial charge in [-0.3, -0.25) is 9.59 Å². The van der Waals surface area contributed by atoms with Crippen LogP contribution < -0.4 is 9.62 Å². The normalized spacial score (nSPS) is 13.6. The van der Waals surface area contributed by atoms with Crippen molar-refractivity contribution in [3.8, 4) is 0 Å². The Morgan fingerprint density at radius 2 is 1.70 bits per heavy atom. The molecule has 2 aromatic rings. The first-order valence-corrected chi connectivity index (χ1v) is 17.8. The number of carbonyl (C=O) groups is 2. The van der Waals surface area contributed by atoms with Gasteiger partial charge in [0.25, 0.3) is 0 Å². The first kappa shape index (κ1) is 39.1. The number of nitrogens with one attached hydrogen (secondary N) is 1. The van der Waals surface area contributed by atoms with Gasteiger partial charge in [-0.2, -0.15) is 4.72 Å². The molecule has 0 radical (unpaired) electrons. The number of nitrogens with zero attached hydrogens (tertiary/aromatic N) is 3. The molecule has 0 aliphatic rings. The summed E-state index contributed by atoms with van der Waals surface area (Å²) in [5.41, 5.74) is 1.72. The van der Waals surface area contributed by atoms with Crippen LogP contribution in [0.4, 0.5) is 5.69 Å². The number of ether oxygens (including phenoxy) is 1. The second-order valence-corrected chi connectivity index (χ2v) is 15.1. The lowest BCUT2D eigenvalue weighted by Gasteiger charge is -2.24. The number of carbonyl (C=O) groups excluding carboxylic acids is 2. The molecule has 0 heterocycles. The molecule has 242 valence electrons. The van der Waals surface area contributed by atoms with E-state index in [1.165, 1.54) is 13.0 Å². The second-order valence-electron chi connectivity index (χ2n) is 10.7. The lowest BCUT2D eigenvalue weighted by molar-refractivity contribution is -0.145. The summed E-state index contributed by atoms with van der Waals surface area (Å²) in [6.45, 7) is 9.02. The van der Waals surface area contributed by atoms with Gasteiger partial charge in [-0.05, 0) is 46.5 Å². The minimum absolute atomic E-state index is 0. The third kappa shape index (κ3) is 11.8. The highest BCUT2D eigenvalue weighted by Gasteiger charge is 2.25. The van der Waals surface area contributed by atoms with Crippen molar-refractivity contribution in [2.24, 2.45) is 0 Å². The third-order valence-electron chi connectivity index (χ3n) is 6.65. The van der Waals surface area contributed by atoms with Gasteiger partial charge < -0.3 is 19.4 Å². The van der Waals surface area contributed by atoms with Crippen LogP contribution in [0.3, 0.4) is 0 Å². The van der Waals surface area contributed by atoms with Crippen molar-refractivity contribution in [2.75, 3.05) is 52.8 Å². The Morgan fingerprint density at radius 1 is 1.05 bits per heavy atom. The van der Waals surface area contributed by atoms with Crippen LogP contribution in [0, 0.1) is 0 Å². The summed E-state index contributed by atoms with van der Waals surface area (Å²) in [4.78, 5) is 31.4. The van der Waals surface area contributed by atoms with Crippen molar-refractivity contribution < 1.29 is 22.7 Å². The minimum Gasteiger partial charge on any atom is -0.464 e. The lowest BCUT2D eigenvalue weighted by Crippen LogP contribution is -2.39. The van der Waals surface area contributed by atoms with E-state index in [-0.39, 0.29) is 23.9 Å². The number of sulfonamides is 1. The van der Waals surface area contributed by atoms with E-state index in [4.69, 9.17) is 4.74 Å². The molecule has 2 unspecified atom stereocenters. The standard InChI is InChI=1S/C30H46N4O5S3.ClH/c1-9-12-22(2)40-41-28(24(4)34(21-35)19-18-32(5)6)17-20-39-30(36)23(3)31-42(37,38)29-16-11-13-25-26(29)14-10-15-27(25)33(7)8;/h10-11,13-16,21-23,31H,9,12,17-20H2,1-8H3;1H/b28-24-;. The molecule has 0 bridgehead atoms. The van der Waals surface area contributed by atoms with Crippen LogP contribution >= 0.6 is 34.0 Å². The van der Waals surface area contributed by atoms with Crippen molar-refractivity contribution in [1.82, 2.24) is 14.5 Å². The summed E-state index contributed by atoms with van der Waals surface area (Å²) in [5, 5.41) is 1.80. The van der Waals surface area contributed by atoms with E-state index < -0.39 is 22.0 Å². The summed E-state index contributed by atoms with van der Waals surface area (Å²) in [6, 6.07) is 9.51. The van der Waals surface area contributed by atoms with Crippen LogP contribution in [0.15, 0.2) is 51.9 Å². The van der Waals surface area contributed by atoms with Crippen molar-refractivity contribution >= 4 is 72.9 Å². The molecular formula is C30H47ClN4O5S3. The summed E-state index contributed by atoms with van der Waals surface area (Å²) in [5.74, 6) is -0.665. The van der Waals surface area contributed by atoms with Gasteiger partial charge in [0, 0.05) is 65.9 Å². The van der Waals surface area contributed by atoms with Gasteiger partial charge in [0.05, 0.1) is 11.5 Å². The Kier molecular flexibility index (Phi) is 17.0. The molecule has 0 saturated heterocycles. The SMILES string of the molecule is CCCC(C)SS/C(CCOC(=O)C(C)NS(=O)(=O)c1cccc2c(N(C)C)cccc12)=C(/C)N(C=O)CCN(C)C.Cl. The van der Waals surface area contributed by atoms with E-state index in [9.17, 15) is 18.0 Å². The smallest absolute Gasteiger partial charge is 0.323 e. The third-order valence-corrected chi connectivity index (χ3v) is 11.5. The number of esters is 1. The predicted molar refractivity (Wildman–Crippen MR) is 184 cm³/mol. The molecule has 2 atom stereocenters. The van der Waals surface area contributed by atoms with Gasteiger partial charge in [-0.1, -0.05) is 66.1 Å². The fourth-order valence-electron chi connectivity index (χ4n) is 4.25. The van der Waals surface area contributed by atoms with E-state index in [2.05, 4.69) is 18.6 Å².